The number of carbonyl (C=O) groups is 5. The maximum absolute atomic E-state index is 14.3. The molecule has 1 aliphatic heterocycles. The van der Waals surface area contributed by atoms with Crippen LogP contribution in [-0.2, 0) is 33.4 Å². The Morgan fingerprint density at radius 2 is 1.53 bits per heavy atom. The number of Topliss-reactive ketones (excluding diaryl/α,β-unsaturated/α-hetero) is 3. The maximum Gasteiger partial charge on any atom is 0.226 e. The summed E-state index contributed by atoms with van der Waals surface area (Å²) in [6.07, 6.45) is -0.400. The highest BCUT2D eigenvalue weighted by molar-refractivity contribution is 5.98. The van der Waals surface area contributed by atoms with Crippen LogP contribution < -0.4 is 5.32 Å². The second-order valence-electron chi connectivity index (χ2n) is 15.4. The van der Waals surface area contributed by atoms with E-state index in [0.29, 0.717) is 18.5 Å². The molecule has 9 atom stereocenters. The van der Waals surface area contributed by atoms with Crippen molar-refractivity contribution in [1.82, 2.24) is 15.1 Å². The van der Waals surface area contributed by atoms with Crippen molar-refractivity contribution < 1.29 is 42.6 Å². The number of ether oxygens (including phenoxy) is 3. The summed E-state index contributed by atoms with van der Waals surface area (Å²) in [6, 6.07) is 3.93. The molecule has 0 radical (unpaired) electrons. The summed E-state index contributed by atoms with van der Waals surface area (Å²) in [5.41, 5.74) is 0.336. The number of likely N-dealkylation sites (N-methyl/N-ethyl adjacent to an activating group) is 2. The van der Waals surface area contributed by atoms with Crippen LogP contribution in [0.25, 0.3) is 0 Å². The van der Waals surface area contributed by atoms with E-state index in [4.69, 9.17) is 14.2 Å². The van der Waals surface area contributed by atoms with Crippen LogP contribution in [0.4, 0.5) is 4.39 Å². The van der Waals surface area contributed by atoms with E-state index in [1.54, 1.807) is 45.0 Å². The van der Waals surface area contributed by atoms with Crippen LogP contribution in [-0.4, -0.2) is 117 Å². The first-order valence-corrected chi connectivity index (χ1v) is 19.1. The molecule has 1 aromatic rings. The van der Waals surface area contributed by atoms with E-state index < -0.39 is 41.9 Å². The Kier molecular flexibility index (Phi) is 18.9. The van der Waals surface area contributed by atoms with Gasteiger partial charge in [0.2, 0.25) is 11.8 Å². The van der Waals surface area contributed by atoms with Crippen molar-refractivity contribution in [1.29, 1.82) is 0 Å². The molecule has 1 aromatic carbocycles. The van der Waals surface area contributed by atoms with Gasteiger partial charge in [-0.2, -0.15) is 0 Å². The molecule has 0 aromatic heterocycles. The summed E-state index contributed by atoms with van der Waals surface area (Å²) in [5.74, 6) is -2.49. The first-order chi connectivity index (χ1) is 25.0. The predicted molar refractivity (Wildman–Crippen MR) is 203 cm³/mol. The normalized spacial score (nSPS) is 20.1. The first kappa shape index (κ1) is 46.1. The molecule has 53 heavy (non-hydrogen) atoms. The molecule has 0 spiro atoms. The lowest BCUT2D eigenvalue weighted by molar-refractivity contribution is -0.149. The van der Waals surface area contributed by atoms with Crippen LogP contribution in [0.15, 0.2) is 24.3 Å². The van der Waals surface area contributed by atoms with Gasteiger partial charge in [-0.05, 0) is 55.5 Å². The summed E-state index contributed by atoms with van der Waals surface area (Å²) in [4.78, 5) is 71.3. The summed E-state index contributed by atoms with van der Waals surface area (Å²) < 4.78 is 30.9. The van der Waals surface area contributed by atoms with Crippen molar-refractivity contribution >= 4 is 29.2 Å². The van der Waals surface area contributed by atoms with Gasteiger partial charge in [-0.15, -0.1) is 0 Å². The van der Waals surface area contributed by atoms with E-state index in [2.05, 4.69) is 5.32 Å². The van der Waals surface area contributed by atoms with Gasteiger partial charge in [0, 0.05) is 71.6 Å². The Labute approximate surface area is 317 Å². The van der Waals surface area contributed by atoms with E-state index >= 15 is 0 Å². The molecule has 2 amide bonds. The smallest absolute Gasteiger partial charge is 0.226 e. The molecule has 12 heteroatoms. The van der Waals surface area contributed by atoms with Gasteiger partial charge in [-0.1, -0.05) is 54.9 Å². The molecule has 0 unspecified atom stereocenters. The monoisotopic (exact) mass is 747 g/mol. The molecule has 0 bridgehead atoms. The zero-order chi connectivity index (χ0) is 40.2. The van der Waals surface area contributed by atoms with Gasteiger partial charge in [0.25, 0.3) is 0 Å². The van der Waals surface area contributed by atoms with Gasteiger partial charge >= 0.3 is 0 Å². The lowest BCUT2D eigenvalue weighted by Gasteiger charge is -2.41. The molecule has 300 valence electrons. The fourth-order valence-electron chi connectivity index (χ4n) is 7.82. The van der Waals surface area contributed by atoms with Gasteiger partial charge in [0.1, 0.15) is 11.6 Å². The molecule has 1 aliphatic rings. The van der Waals surface area contributed by atoms with Crippen LogP contribution in [0.2, 0.25) is 0 Å². The molecule has 0 aliphatic carbocycles. The van der Waals surface area contributed by atoms with Crippen molar-refractivity contribution in [2.24, 2.45) is 29.6 Å². The molecule has 1 N–H and O–H groups in total. The van der Waals surface area contributed by atoms with Gasteiger partial charge in [0.05, 0.1) is 42.9 Å². The second-order valence-corrected chi connectivity index (χ2v) is 15.4. The topological polar surface area (TPSA) is 132 Å². The van der Waals surface area contributed by atoms with Crippen molar-refractivity contribution in [3.05, 3.63) is 35.6 Å². The number of ketones is 3. The van der Waals surface area contributed by atoms with Crippen molar-refractivity contribution in [2.75, 3.05) is 42.0 Å². The van der Waals surface area contributed by atoms with E-state index in [1.807, 2.05) is 41.5 Å². The van der Waals surface area contributed by atoms with E-state index in [9.17, 15) is 28.4 Å². The Morgan fingerprint density at radius 3 is 2.02 bits per heavy atom. The molecular formula is C41H66FN3O8. The van der Waals surface area contributed by atoms with Gasteiger partial charge < -0.3 is 29.3 Å². The number of hydrogen-bond donors (Lipinski definition) is 1. The number of likely N-dealkylation sites (tertiary alicyclic amines) is 1. The standard InChI is InChI=1S/C41H66FN3O8/c1-13-26(6)39(44(9)41(50)31(24(2)3)21-35(48)38(43-8)25(4)5)36(52-11)22-37(49)45-23-30(51-10)20-32(45)40(53-12)27(7)33(46)18-19-34(47)28-14-16-29(42)17-15-28/h14-17,24-27,30-32,36,38-40,43H,13,18-23H2,1-12H3/t26-,27-,30+,31-,32-,36+,38-,39-,40+/m0/s1. The van der Waals surface area contributed by atoms with Gasteiger partial charge in [-0.3, -0.25) is 24.0 Å². The third kappa shape index (κ3) is 12.2. The number of nitrogens with zero attached hydrogens (tertiary/aromatic N) is 2. The quantitative estimate of drug-likeness (QED) is 0.147. The Balaban J connectivity index is 2.29. The highest BCUT2D eigenvalue weighted by Crippen LogP contribution is 2.32. The van der Waals surface area contributed by atoms with Crippen LogP contribution >= 0.6 is 0 Å². The minimum atomic E-state index is -0.667. The molecule has 1 saturated heterocycles. The van der Waals surface area contributed by atoms with E-state index in [-0.39, 0.29) is 84.7 Å². The van der Waals surface area contributed by atoms with Crippen LogP contribution in [0.1, 0.15) is 97.3 Å². The Hall–Kier alpha value is -3.06. The summed E-state index contributed by atoms with van der Waals surface area (Å²) in [7, 11) is 8.13. The number of amides is 2. The number of halogens is 1. The van der Waals surface area contributed by atoms with E-state index in [1.165, 1.54) is 31.4 Å². The van der Waals surface area contributed by atoms with Crippen LogP contribution in [0.3, 0.4) is 0 Å². The lowest BCUT2D eigenvalue weighted by Crippen LogP contribution is -2.54. The number of methoxy groups -OCH3 is 3. The number of carbonyl (C=O) groups excluding carboxylic acids is 5. The second kappa shape index (κ2) is 21.7. The zero-order valence-corrected chi connectivity index (χ0v) is 34.1. The first-order valence-electron chi connectivity index (χ1n) is 19.1. The number of rotatable bonds is 23. The molecule has 0 saturated carbocycles. The summed E-state index contributed by atoms with van der Waals surface area (Å²) in [5, 5.41) is 3.10. The van der Waals surface area contributed by atoms with Gasteiger partial charge in [-0.25, -0.2) is 4.39 Å². The fraction of sp³-hybridized carbons (Fsp3) is 0.732. The van der Waals surface area contributed by atoms with Crippen molar-refractivity contribution in [3.8, 4) is 0 Å². The fourth-order valence-corrected chi connectivity index (χ4v) is 7.82. The zero-order valence-electron chi connectivity index (χ0n) is 34.1. The van der Waals surface area contributed by atoms with Crippen molar-refractivity contribution in [2.45, 2.75) is 123 Å². The van der Waals surface area contributed by atoms with Crippen molar-refractivity contribution in [3.63, 3.8) is 0 Å². The SMILES string of the molecule is CC[C@H](C)[C@@H]([C@@H](CC(=O)N1C[C@H](OC)C[C@H]1[C@H](OC)[C@@H](C)C(=O)CCC(=O)c1ccc(F)cc1)OC)N(C)C(=O)[C@@H](CC(=O)[C@@H](NC)C(C)C)C(C)C. The number of hydrogen-bond acceptors (Lipinski definition) is 9. The summed E-state index contributed by atoms with van der Waals surface area (Å²) >= 11 is 0. The third-order valence-corrected chi connectivity index (χ3v) is 11.3. The summed E-state index contributed by atoms with van der Waals surface area (Å²) in [6.45, 7) is 14.0. The molecular weight excluding hydrogens is 681 g/mol. The average Bonchev–Trinajstić information content (AvgIpc) is 3.56. The Morgan fingerprint density at radius 1 is 0.906 bits per heavy atom. The molecule has 11 nitrogen and oxygen atoms in total. The van der Waals surface area contributed by atoms with Gasteiger partial charge in [0.15, 0.2) is 11.6 Å². The Bertz CT molecular complexity index is 1350. The van der Waals surface area contributed by atoms with Crippen LogP contribution in [0.5, 0.6) is 0 Å². The lowest BCUT2D eigenvalue weighted by atomic mass is 9.84. The third-order valence-electron chi connectivity index (χ3n) is 11.3. The van der Waals surface area contributed by atoms with Crippen LogP contribution in [0, 0.1) is 35.4 Å². The molecule has 2 rings (SSSR count). The largest absolute Gasteiger partial charge is 0.380 e. The predicted octanol–water partition coefficient (Wildman–Crippen LogP) is 5.38. The number of nitrogens with one attached hydrogen (secondary N) is 1. The maximum atomic E-state index is 14.3. The minimum absolute atomic E-state index is 0.00540. The average molecular weight is 748 g/mol. The van der Waals surface area contributed by atoms with E-state index in [0.717, 1.165) is 6.42 Å². The molecule has 1 heterocycles. The highest BCUT2D eigenvalue weighted by Gasteiger charge is 2.45. The molecule has 1 fully saturated rings. The minimum Gasteiger partial charge on any atom is -0.380 e. The number of benzene rings is 1. The highest BCUT2D eigenvalue weighted by atomic mass is 19.1.